The monoisotopic (exact) mass is 843 g/mol. The van der Waals surface area contributed by atoms with E-state index in [4.69, 9.17) is 28.4 Å². The Balaban J connectivity index is 1.62. The molecule has 19 heteroatoms. The minimum absolute atomic E-state index is 0.259. The molecular formula is C39H73NO18. The molecule has 12 N–H and O–H groups in total. The molecule has 17 unspecified atom stereocenters. The van der Waals surface area contributed by atoms with Gasteiger partial charge < -0.3 is 89.9 Å². The summed E-state index contributed by atoms with van der Waals surface area (Å²) in [6.07, 6.45) is -12.5. The van der Waals surface area contributed by atoms with Gasteiger partial charge in [0, 0.05) is 6.42 Å². The van der Waals surface area contributed by atoms with Gasteiger partial charge in [-0.05, 0) is 12.8 Å². The van der Waals surface area contributed by atoms with Crippen molar-refractivity contribution in [2.45, 2.75) is 214 Å². The first-order chi connectivity index (χ1) is 27.8. The van der Waals surface area contributed by atoms with Crippen molar-refractivity contribution >= 4 is 5.91 Å². The van der Waals surface area contributed by atoms with Crippen LogP contribution in [-0.2, 0) is 33.2 Å². The van der Waals surface area contributed by atoms with E-state index in [0.29, 0.717) is 12.8 Å². The highest BCUT2D eigenvalue weighted by Gasteiger charge is 2.53. The summed E-state index contributed by atoms with van der Waals surface area (Å²) < 4.78 is 33.9. The van der Waals surface area contributed by atoms with Crippen LogP contribution in [0.25, 0.3) is 0 Å². The lowest BCUT2D eigenvalue weighted by Crippen LogP contribution is -2.66. The van der Waals surface area contributed by atoms with Crippen LogP contribution in [0.15, 0.2) is 0 Å². The van der Waals surface area contributed by atoms with Crippen molar-refractivity contribution in [3.8, 4) is 0 Å². The molecule has 0 spiro atoms. The highest BCUT2D eigenvalue weighted by Crippen LogP contribution is 2.33. The second-order valence-electron chi connectivity index (χ2n) is 15.8. The van der Waals surface area contributed by atoms with E-state index in [9.17, 15) is 61.0 Å². The number of hydrogen-bond donors (Lipinski definition) is 12. The molecule has 0 aliphatic carbocycles. The van der Waals surface area contributed by atoms with E-state index in [1.807, 2.05) is 0 Å². The Kier molecular flexibility index (Phi) is 23.8. The standard InChI is InChI=1S/C39H73NO18/c1-3-5-7-9-11-12-14-16-23(44)22(40-27(45)17-15-13-10-8-6-4-2)21-53-37-33(51)30(48)35(25(19-42)55-37)58-39-34(52)31(49)36(26(20-43)56-39)57-38-32(50)29(47)28(46)24(18-41)54-38/h22-26,28-39,41-44,46-52H,3-21H2,1-2H3,(H,40,45). The van der Waals surface area contributed by atoms with E-state index in [1.165, 1.54) is 6.42 Å². The van der Waals surface area contributed by atoms with E-state index in [-0.39, 0.29) is 18.9 Å². The van der Waals surface area contributed by atoms with Gasteiger partial charge in [-0.1, -0.05) is 90.9 Å². The Bertz CT molecular complexity index is 1110. The average Bonchev–Trinajstić information content (AvgIpc) is 3.22. The summed E-state index contributed by atoms with van der Waals surface area (Å²) >= 11 is 0. The van der Waals surface area contributed by atoms with Crippen molar-refractivity contribution in [3.05, 3.63) is 0 Å². The molecule has 58 heavy (non-hydrogen) atoms. The molecule has 0 aromatic carbocycles. The van der Waals surface area contributed by atoms with Crippen LogP contribution in [-0.4, -0.2) is 193 Å². The summed E-state index contributed by atoms with van der Waals surface area (Å²) in [4.78, 5) is 12.9. The number of carbonyl (C=O) groups is 1. The van der Waals surface area contributed by atoms with Crippen LogP contribution in [0.2, 0.25) is 0 Å². The molecule has 0 bridgehead atoms. The third-order valence-electron chi connectivity index (χ3n) is 11.2. The average molecular weight is 844 g/mol. The van der Waals surface area contributed by atoms with Crippen molar-refractivity contribution < 1.29 is 89.4 Å². The Labute approximate surface area is 341 Å². The zero-order valence-corrected chi connectivity index (χ0v) is 34.0. The van der Waals surface area contributed by atoms with Crippen molar-refractivity contribution in [1.29, 1.82) is 0 Å². The number of rotatable bonds is 27. The van der Waals surface area contributed by atoms with Gasteiger partial charge in [0.2, 0.25) is 5.91 Å². The van der Waals surface area contributed by atoms with Crippen LogP contribution in [0.3, 0.4) is 0 Å². The SMILES string of the molecule is CCCCCCCCCC(O)C(COC1OC(CO)C(OC2OC(CO)C(OC3OC(CO)C(O)C(O)C3O)C(O)C2O)C(O)C1O)NC(=O)CCCCCCCC. The van der Waals surface area contributed by atoms with E-state index < -0.39 is 124 Å². The van der Waals surface area contributed by atoms with Crippen molar-refractivity contribution in [2.75, 3.05) is 26.4 Å². The molecule has 3 fully saturated rings. The molecule has 19 nitrogen and oxygen atoms in total. The van der Waals surface area contributed by atoms with Gasteiger partial charge in [-0.2, -0.15) is 0 Å². The molecule has 0 saturated carbocycles. The summed E-state index contributed by atoms with van der Waals surface area (Å²) in [5, 5.41) is 119. The molecule has 3 heterocycles. The van der Waals surface area contributed by atoms with E-state index >= 15 is 0 Å². The van der Waals surface area contributed by atoms with Gasteiger partial charge in [-0.3, -0.25) is 4.79 Å². The van der Waals surface area contributed by atoms with Crippen molar-refractivity contribution in [3.63, 3.8) is 0 Å². The Morgan fingerprint density at radius 2 is 0.983 bits per heavy atom. The number of hydrogen-bond acceptors (Lipinski definition) is 18. The summed E-state index contributed by atoms with van der Waals surface area (Å²) in [6.45, 7) is 1.58. The zero-order valence-electron chi connectivity index (χ0n) is 34.0. The molecule has 3 rings (SSSR count). The van der Waals surface area contributed by atoms with Crippen molar-refractivity contribution in [1.82, 2.24) is 5.32 Å². The van der Waals surface area contributed by atoms with Gasteiger partial charge in [-0.15, -0.1) is 0 Å². The van der Waals surface area contributed by atoms with E-state index in [0.717, 1.165) is 70.6 Å². The lowest BCUT2D eigenvalue weighted by molar-refractivity contribution is -0.379. The molecular weight excluding hydrogens is 770 g/mol. The van der Waals surface area contributed by atoms with Gasteiger partial charge in [0.25, 0.3) is 0 Å². The number of amides is 1. The van der Waals surface area contributed by atoms with Gasteiger partial charge >= 0.3 is 0 Å². The third-order valence-corrected chi connectivity index (χ3v) is 11.2. The normalized spacial score (nSPS) is 36.7. The second kappa shape index (κ2) is 27.0. The summed E-state index contributed by atoms with van der Waals surface area (Å²) in [5.41, 5.74) is 0. The molecule has 0 aromatic heterocycles. The maximum absolute atomic E-state index is 12.9. The van der Waals surface area contributed by atoms with Crippen LogP contribution in [0.4, 0.5) is 0 Å². The number of aliphatic hydroxyl groups is 11. The Morgan fingerprint density at radius 3 is 1.50 bits per heavy atom. The third kappa shape index (κ3) is 15.0. The first-order valence-electron chi connectivity index (χ1n) is 21.3. The number of nitrogens with one attached hydrogen (secondary N) is 1. The number of carbonyl (C=O) groups excluding carboxylic acids is 1. The van der Waals surface area contributed by atoms with E-state index in [2.05, 4.69) is 19.2 Å². The quantitative estimate of drug-likeness (QED) is 0.0406. The highest BCUT2D eigenvalue weighted by molar-refractivity contribution is 5.76. The fraction of sp³-hybridized carbons (Fsp3) is 0.974. The number of ether oxygens (including phenoxy) is 6. The minimum Gasteiger partial charge on any atom is -0.394 e. The first kappa shape index (κ1) is 51.1. The van der Waals surface area contributed by atoms with Crippen LogP contribution in [0, 0.1) is 0 Å². The lowest BCUT2D eigenvalue weighted by atomic mass is 9.96. The van der Waals surface area contributed by atoms with Crippen molar-refractivity contribution in [2.24, 2.45) is 0 Å². The lowest BCUT2D eigenvalue weighted by Gasteiger charge is -2.48. The fourth-order valence-electron chi connectivity index (χ4n) is 7.49. The smallest absolute Gasteiger partial charge is 0.220 e. The fourth-order valence-corrected chi connectivity index (χ4v) is 7.49. The topological polar surface area (TPSA) is 307 Å². The number of unbranched alkanes of at least 4 members (excludes halogenated alkanes) is 11. The molecule has 17 atom stereocenters. The maximum Gasteiger partial charge on any atom is 0.220 e. The largest absolute Gasteiger partial charge is 0.394 e. The molecule has 3 aliphatic rings. The van der Waals surface area contributed by atoms with Gasteiger partial charge in [0.15, 0.2) is 18.9 Å². The summed E-state index contributed by atoms with van der Waals surface area (Å²) in [7, 11) is 0. The number of aliphatic hydroxyl groups excluding tert-OH is 11. The predicted molar refractivity (Wildman–Crippen MR) is 204 cm³/mol. The minimum atomic E-state index is -1.96. The maximum atomic E-state index is 12.9. The second-order valence-corrected chi connectivity index (χ2v) is 15.8. The summed E-state index contributed by atoms with van der Waals surface area (Å²) in [6, 6.07) is -0.872. The van der Waals surface area contributed by atoms with Gasteiger partial charge in [0.1, 0.15) is 73.2 Å². The Hall–Kier alpha value is -1.21. The highest BCUT2D eigenvalue weighted by atomic mass is 16.8. The molecule has 3 saturated heterocycles. The molecule has 3 aliphatic heterocycles. The first-order valence-corrected chi connectivity index (χ1v) is 21.3. The van der Waals surface area contributed by atoms with Gasteiger partial charge in [-0.25, -0.2) is 0 Å². The molecule has 342 valence electrons. The van der Waals surface area contributed by atoms with Crippen LogP contribution >= 0.6 is 0 Å². The molecule has 0 aromatic rings. The van der Waals surface area contributed by atoms with Gasteiger partial charge in [0.05, 0.1) is 38.6 Å². The molecule has 1 amide bonds. The zero-order chi connectivity index (χ0) is 42.8. The predicted octanol–water partition coefficient (Wildman–Crippen LogP) is -1.81. The summed E-state index contributed by atoms with van der Waals surface area (Å²) in [5.74, 6) is -0.259. The van der Waals surface area contributed by atoms with Crippen LogP contribution in [0.5, 0.6) is 0 Å². The molecule has 0 radical (unpaired) electrons. The Morgan fingerprint density at radius 1 is 0.552 bits per heavy atom. The van der Waals surface area contributed by atoms with Crippen LogP contribution in [0.1, 0.15) is 110 Å². The van der Waals surface area contributed by atoms with E-state index in [1.54, 1.807) is 0 Å². The van der Waals surface area contributed by atoms with Crippen LogP contribution < -0.4 is 5.32 Å².